The average molecular weight is 511 g/mol. The van der Waals surface area contributed by atoms with E-state index in [0.717, 1.165) is 53.7 Å². The molecule has 1 aliphatic carbocycles. The number of anilines is 1. The number of carbonyl (C=O) groups is 2. The summed E-state index contributed by atoms with van der Waals surface area (Å²) < 4.78 is 7.28. The van der Waals surface area contributed by atoms with Crippen LogP contribution in [0.1, 0.15) is 48.7 Å². The molecule has 4 aromatic rings. The molecule has 0 unspecified atom stereocenters. The molecule has 1 atom stereocenters. The fourth-order valence-corrected chi connectivity index (χ4v) is 5.41. The van der Waals surface area contributed by atoms with E-state index in [2.05, 4.69) is 10.3 Å². The predicted octanol–water partition coefficient (Wildman–Crippen LogP) is 5.50. The molecule has 1 aromatic heterocycles. The van der Waals surface area contributed by atoms with Crippen LogP contribution in [0.3, 0.4) is 0 Å². The highest BCUT2D eigenvalue weighted by atomic mass is 16.5. The van der Waals surface area contributed by atoms with Crippen LogP contribution >= 0.6 is 0 Å². The number of para-hydroxylation sites is 3. The van der Waals surface area contributed by atoms with E-state index in [-0.39, 0.29) is 24.4 Å². The summed E-state index contributed by atoms with van der Waals surface area (Å²) in [4.78, 5) is 34.6. The number of imidazole rings is 1. The zero-order valence-electron chi connectivity index (χ0n) is 22.2. The maximum Gasteiger partial charge on any atom is 0.248 e. The third kappa shape index (κ3) is 5.14. The van der Waals surface area contributed by atoms with Crippen molar-refractivity contribution in [3.05, 3.63) is 89.7 Å². The Hall–Kier alpha value is -4.13. The number of amides is 2. The molecule has 2 amide bonds. The van der Waals surface area contributed by atoms with Crippen LogP contribution in [0, 0.1) is 13.8 Å². The third-order valence-corrected chi connectivity index (χ3v) is 7.42. The Bertz CT molecular complexity index is 1440. The number of hydrogen-bond donors (Lipinski definition) is 1. The molecule has 0 aliphatic heterocycles. The van der Waals surface area contributed by atoms with Gasteiger partial charge in [-0.25, -0.2) is 4.98 Å². The first-order valence-corrected chi connectivity index (χ1v) is 13.2. The molecule has 0 radical (unpaired) electrons. The third-order valence-electron chi connectivity index (χ3n) is 7.42. The van der Waals surface area contributed by atoms with Gasteiger partial charge in [0.1, 0.15) is 24.2 Å². The summed E-state index contributed by atoms with van der Waals surface area (Å²) in [6, 6.07) is 22.2. The molecule has 1 fully saturated rings. The van der Waals surface area contributed by atoms with Crippen molar-refractivity contribution >= 4 is 28.5 Å². The van der Waals surface area contributed by atoms with Gasteiger partial charge < -0.3 is 14.6 Å². The maximum absolute atomic E-state index is 14.3. The highest BCUT2D eigenvalue weighted by Gasteiger charge is 2.35. The maximum atomic E-state index is 14.3. The normalized spacial score (nSPS) is 14.4. The molecule has 7 heteroatoms. The number of nitrogens with zero attached hydrogens (tertiary/aromatic N) is 3. The van der Waals surface area contributed by atoms with E-state index in [9.17, 15) is 9.59 Å². The van der Waals surface area contributed by atoms with Crippen LogP contribution in [-0.4, -0.2) is 34.5 Å². The lowest BCUT2D eigenvalue weighted by Crippen LogP contribution is -2.47. The molecule has 3 aromatic carbocycles. The predicted molar refractivity (Wildman–Crippen MR) is 149 cm³/mol. The van der Waals surface area contributed by atoms with Gasteiger partial charge in [-0.3, -0.25) is 14.5 Å². The SMILES string of the molecule is COc1ccc([C@@H](C(=O)NC2CCCC2)N(C(=O)Cn2c(C)nc3ccccc32)c2ccccc2C)cc1. The van der Waals surface area contributed by atoms with Gasteiger partial charge in [0.15, 0.2) is 0 Å². The van der Waals surface area contributed by atoms with Gasteiger partial charge in [-0.1, -0.05) is 55.3 Å². The first-order chi connectivity index (χ1) is 18.5. The van der Waals surface area contributed by atoms with E-state index in [4.69, 9.17) is 4.74 Å². The molecule has 1 aliphatic rings. The van der Waals surface area contributed by atoms with Crippen LogP contribution in [0.4, 0.5) is 5.69 Å². The topological polar surface area (TPSA) is 76.5 Å². The van der Waals surface area contributed by atoms with Gasteiger partial charge >= 0.3 is 0 Å². The zero-order chi connectivity index (χ0) is 26.6. The molecule has 0 saturated heterocycles. The molecule has 7 nitrogen and oxygen atoms in total. The highest BCUT2D eigenvalue weighted by molar-refractivity contribution is 6.02. The molecule has 0 spiro atoms. The molecular weight excluding hydrogens is 476 g/mol. The van der Waals surface area contributed by atoms with Crippen molar-refractivity contribution in [3.63, 3.8) is 0 Å². The first kappa shape index (κ1) is 25.5. The second-order valence-electron chi connectivity index (χ2n) is 9.95. The molecule has 0 bridgehead atoms. The van der Waals surface area contributed by atoms with Crippen molar-refractivity contribution in [1.29, 1.82) is 0 Å². The largest absolute Gasteiger partial charge is 0.497 e. The minimum atomic E-state index is -0.842. The van der Waals surface area contributed by atoms with Crippen LogP contribution in [0.5, 0.6) is 5.75 Å². The Balaban J connectivity index is 1.60. The molecule has 5 rings (SSSR count). The number of ether oxygens (including phenoxy) is 1. The second-order valence-corrected chi connectivity index (χ2v) is 9.95. The lowest BCUT2D eigenvalue weighted by atomic mass is 10.0. The summed E-state index contributed by atoms with van der Waals surface area (Å²) in [7, 11) is 1.61. The fourth-order valence-electron chi connectivity index (χ4n) is 5.41. The van der Waals surface area contributed by atoms with Gasteiger partial charge in [0.05, 0.1) is 18.1 Å². The van der Waals surface area contributed by atoms with Crippen LogP contribution in [-0.2, 0) is 16.1 Å². The van der Waals surface area contributed by atoms with E-state index in [1.807, 2.05) is 91.2 Å². The number of aryl methyl sites for hydroxylation is 2. The van der Waals surface area contributed by atoms with Crippen molar-refractivity contribution in [2.24, 2.45) is 0 Å². The van der Waals surface area contributed by atoms with Crippen molar-refractivity contribution in [2.75, 3.05) is 12.0 Å². The van der Waals surface area contributed by atoms with Crippen LogP contribution in [0.25, 0.3) is 11.0 Å². The number of benzene rings is 3. The Labute approximate surface area is 223 Å². The molecule has 1 N–H and O–H groups in total. The van der Waals surface area contributed by atoms with Gasteiger partial charge in [-0.15, -0.1) is 0 Å². The zero-order valence-corrected chi connectivity index (χ0v) is 22.2. The van der Waals surface area contributed by atoms with E-state index < -0.39 is 6.04 Å². The summed E-state index contributed by atoms with van der Waals surface area (Å²) in [6.07, 6.45) is 4.12. The Kier molecular flexibility index (Phi) is 7.45. The minimum Gasteiger partial charge on any atom is -0.497 e. The molecule has 38 heavy (non-hydrogen) atoms. The number of rotatable bonds is 8. The van der Waals surface area contributed by atoms with E-state index >= 15 is 0 Å². The molecular formula is C31H34N4O3. The van der Waals surface area contributed by atoms with Gasteiger partial charge in [-0.05, 0) is 68.1 Å². The standard InChI is InChI=1S/C31H34N4O3/c1-21-10-4-8-14-27(21)35(29(36)20-34-22(2)32-26-13-7-9-15-28(26)34)30(23-16-18-25(38-3)19-17-23)31(37)33-24-11-5-6-12-24/h4,7-10,13-19,24,30H,5-6,11-12,20H2,1-3H3,(H,33,37)/t30-/m0/s1. The molecule has 196 valence electrons. The second kappa shape index (κ2) is 11.1. The number of methoxy groups -OCH3 is 1. The number of nitrogens with one attached hydrogen (secondary N) is 1. The number of carbonyl (C=O) groups excluding carboxylic acids is 2. The number of aromatic nitrogens is 2. The van der Waals surface area contributed by atoms with Crippen LogP contribution in [0.15, 0.2) is 72.8 Å². The van der Waals surface area contributed by atoms with Crippen LogP contribution < -0.4 is 15.0 Å². The Morgan fingerprint density at radius 2 is 1.68 bits per heavy atom. The van der Waals surface area contributed by atoms with E-state index in [1.54, 1.807) is 12.0 Å². The van der Waals surface area contributed by atoms with Crippen molar-refractivity contribution in [3.8, 4) is 5.75 Å². The lowest BCUT2D eigenvalue weighted by molar-refractivity contribution is -0.127. The quantitative estimate of drug-likeness (QED) is 0.340. The van der Waals surface area contributed by atoms with Gasteiger partial charge in [-0.2, -0.15) is 0 Å². The monoisotopic (exact) mass is 510 g/mol. The first-order valence-electron chi connectivity index (χ1n) is 13.2. The van der Waals surface area contributed by atoms with Crippen molar-refractivity contribution < 1.29 is 14.3 Å². The minimum absolute atomic E-state index is 0.0596. The summed E-state index contributed by atoms with van der Waals surface area (Å²) in [5.74, 6) is 1.08. The summed E-state index contributed by atoms with van der Waals surface area (Å²) in [5.41, 5.74) is 4.08. The van der Waals surface area contributed by atoms with Crippen molar-refractivity contribution in [1.82, 2.24) is 14.9 Å². The Morgan fingerprint density at radius 3 is 2.39 bits per heavy atom. The average Bonchev–Trinajstić information content (AvgIpc) is 3.55. The van der Waals surface area contributed by atoms with Gasteiger partial charge in [0.25, 0.3) is 0 Å². The number of fused-ring (bicyclic) bond motifs is 1. The summed E-state index contributed by atoms with van der Waals surface area (Å²) in [6.45, 7) is 3.93. The van der Waals surface area contributed by atoms with E-state index in [0.29, 0.717) is 11.4 Å². The summed E-state index contributed by atoms with van der Waals surface area (Å²) in [5, 5.41) is 3.25. The highest BCUT2D eigenvalue weighted by Crippen LogP contribution is 2.33. The lowest BCUT2D eigenvalue weighted by Gasteiger charge is -2.33. The number of hydrogen-bond acceptors (Lipinski definition) is 4. The fraction of sp³-hybridized carbons (Fsp3) is 0.323. The molecule has 1 saturated carbocycles. The van der Waals surface area contributed by atoms with Gasteiger partial charge in [0.2, 0.25) is 11.8 Å². The van der Waals surface area contributed by atoms with Crippen molar-refractivity contribution in [2.45, 2.75) is 58.2 Å². The Morgan fingerprint density at radius 1 is 1.00 bits per heavy atom. The smallest absolute Gasteiger partial charge is 0.248 e. The van der Waals surface area contributed by atoms with Gasteiger partial charge in [0, 0.05) is 11.7 Å². The van der Waals surface area contributed by atoms with Crippen LogP contribution in [0.2, 0.25) is 0 Å². The summed E-state index contributed by atoms with van der Waals surface area (Å²) >= 11 is 0. The molecule has 1 heterocycles. The van der Waals surface area contributed by atoms with E-state index in [1.165, 1.54) is 0 Å².